The van der Waals surface area contributed by atoms with Crippen molar-refractivity contribution in [3.05, 3.63) is 54.1 Å². The summed E-state index contributed by atoms with van der Waals surface area (Å²) in [4.78, 5) is 8.44. The van der Waals surface area contributed by atoms with Crippen LogP contribution in [-0.4, -0.2) is 29.1 Å². The molecule has 0 atom stereocenters. The number of aromatic nitrogens is 2. The van der Waals surface area contributed by atoms with Gasteiger partial charge < -0.3 is 15.2 Å². The highest BCUT2D eigenvalue weighted by atomic mass is 127. The summed E-state index contributed by atoms with van der Waals surface area (Å²) in [6, 6.07) is 8.65. The highest BCUT2D eigenvalue weighted by molar-refractivity contribution is 14.0. The molecule has 6 heteroatoms. The van der Waals surface area contributed by atoms with Gasteiger partial charge in [-0.1, -0.05) is 49.9 Å². The summed E-state index contributed by atoms with van der Waals surface area (Å²) in [5.74, 6) is 1.85. The van der Waals surface area contributed by atoms with Crippen molar-refractivity contribution in [3.63, 3.8) is 0 Å². The smallest absolute Gasteiger partial charge is 0.191 e. The van der Waals surface area contributed by atoms with Gasteiger partial charge in [-0.15, -0.1) is 24.0 Å². The third kappa shape index (κ3) is 7.52. The van der Waals surface area contributed by atoms with Crippen LogP contribution in [0.2, 0.25) is 0 Å². The number of imidazole rings is 1. The standard InChI is InChI=1S/C21H31N5.HI/c1-22-21(24-11-5-10-18-6-2-3-7-18)25-15-19-8-4-9-20(14-19)16-26-13-12-23-17-26;/h4,8-9,12-14,17-18H,2-3,5-7,10-11,15-16H2,1H3,(H2,22,24,25);1H. The Hall–Kier alpha value is -1.57. The van der Waals surface area contributed by atoms with E-state index < -0.39 is 0 Å². The maximum atomic E-state index is 4.34. The van der Waals surface area contributed by atoms with Gasteiger partial charge in [-0.3, -0.25) is 4.99 Å². The lowest BCUT2D eigenvalue weighted by molar-refractivity contribution is 0.481. The molecule has 1 aromatic heterocycles. The van der Waals surface area contributed by atoms with Gasteiger partial charge in [-0.25, -0.2) is 4.98 Å². The number of guanidine groups is 1. The number of aliphatic imine (C=N–C) groups is 1. The lowest BCUT2D eigenvalue weighted by atomic mass is 10.0. The topological polar surface area (TPSA) is 54.2 Å². The summed E-state index contributed by atoms with van der Waals surface area (Å²) in [6.45, 7) is 2.62. The Bertz CT molecular complexity index is 678. The molecule has 0 aliphatic heterocycles. The molecule has 1 aliphatic carbocycles. The van der Waals surface area contributed by atoms with Crippen LogP contribution in [0.1, 0.15) is 49.7 Å². The molecule has 2 aromatic rings. The molecule has 1 saturated carbocycles. The van der Waals surface area contributed by atoms with Gasteiger partial charge in [0.05, 0.1) is 6.33 Å². The van der Waals surface area contributed by atoms with Crippen LogP contribution in [0.3, 0.4) is 0 Å². The summed E-state index contributed by atoms with van der Waals surface area (Å²) in [5, 5.41) is 6.86. The first-order valence-electron chi connectivity index (χ1n) is 9.81. The van der Waals surface area contributed by atoms with Crippen LogP contribution in [0.4, 0.5) is 0 Å². The van der Waals surface area contributed by atoms with E-state index in [1.165, 1.54) is 49.7 Å². The molecule has 148 valence electrons. The zero-order valence-corrected chi connectivity index (χ0v) is 18.6. The molecule has 1 fully saturated rings. The molecule has 3 rings (SSSR count). The minimum absolute atomic E-state index is 0. The van der Waals surface area contributed by atoms with E-state index in [0.717, 1.165) is 31.5 Å². The average Bonchev–Trinajstić information content (AvgIpc) is 3.35. The molecule has 5 nitrogen and oxygen atoms in total. The van der Waals surface area contributed by atoms with Crippen molar-refractivity contribution in [2.24, 2.45) is 10.9 Å². The summed E-state index contributed by atoms with van der Waals surface area (Å²) in [5.41, 5.74) is 2.54. The Morgan fingerprint density at radius 3 is 2.78 bits per heavy atom. The van der Waals surface area contributed by atoms with E-state index in [0.29, 0.717) is 0 Å². The molecule has 0 amide bonds. The summed E-state index contributed by atoms with van der Waals surface area (Å²) < 4.78 is 2.08. The van der Waals surface area contributed by atoms with Crippen molar-refractivity contribution in [2.75, 3.05) is 13.6 Å². The van der Waals surface area contributed by atoms with Crippen molar-refractivity contribution in [2.45, 2.75) is 51.6 Å². The van der Waals surface area contributed by atoms with Gasteiger partial charge in [0.1, 0.15) is 0 Å². The SMILES string of the molecule is CN=C(NCCCC1CCCC1)NCc1cccc(Cn2ccnc2)c1.I. The third-order valence-corrected chi connectivity index (χ3v) is 5.16. The molecule has 2 N–H and O–H groups in total. The highest BCUT2D eigenvalue weighted by Crippen LogP contribution is 2.28. The molecular weight excluding hydrogens is 449 g/mol. The number of rotatable bonds is 8. The third-order valence-electron chi connectivity index (χ3n) is 5.16. The monoisotopic (exact) mass is 481 g/mol. The Morgan fingerprint density at radius 1 is 1.22 bits per heavy atom. The Balaban J connectivity index is 0.00000261. The van der Waals surface area contributed by atoms with E-state index in [4.69, 9.17) is 0 Å². The van der Waals surface area contributed by atoms with Gasteiger partial charge in [0.25, 0.3) is 0 Å². The lowest BCUT2D eigenvalue weighted by Gasteiger charge is -2.14. The van der Waals surface area contributed by atoms with E-state index in [1.54, 1.807) is 0 Å². The largest absolute Gasteiger partial charge is 0.356 e. The fourth-order valence-corrected chi connectivity index (χ4v) is 3.73. The molecule has 0 saturated heterocycles. The van der Waals surface area contributed by atoms with Crippen LogP contribution >= 0.6 is 24.0 Å². The minimum atomic E-state index is 0. The van der Waals surface area contributed by atoms with E-state index in [2.05, 4.69) is 49.4 Å². The Kier molecular flexibility index (Phi) is 9.66. The van der Waals surface area contributed by atoms with Gasteiger partial charge in [0.15, 0.2) is 5.96 Å². The van der Waals surface area contributed by atoms with E-state index >= 15 is 0 Å². The van der Waals surface area contributed by atoms with Crippen LogP contribution in [0.5, 0.6) is 0 Å². The number of hydrogen-bond acceptors (Lipinski definition) is 2. The lowest BCUT2D eigenvalue weighted by Crippen LogP contribution is -2.37. The Labute approximate surface area is 180 Å². The quantitative estimate of drug-likeness (QED) is 0.258. The van der Waals surface area contributed by atoms with Gasteiger partial charge in [0, 0.05) is 39.1 Å². The second-order valence-electron chi connectivity index (χ2n) is 7.20. The summed E-state index contributed by atoms with van der Waals surface area (Å²) >= 11 is 0. The maximum absolute atomic E-state index is 4.34. The second-order valence-corrected chi connectivity index (χ2v) is 7.20. The zero-order chi connectivity index (χ0) is 18.0. The molecular formula is C21H32IN5. The Morgan fingerprint density at radius 2 is 2.04 bits per heavy atom. The van der Waals surface area contributed by atoms with Crippen molar-refractivity contribution >= 4 is 29.9 Å². The van der Waals surface area contributed by atoms with Crippen LogP contribution in [-0.2, 0) is 13.1 Å². The minimum Gasteiger partial charge on any atom is -0.356 e. The normalized spacial score (nSPS) is 14.8. The van der Waals surface area contributed by atoms with Crippen LogP contribution < -0.4 is 10.6 Å². The summed E-state index contributed by atoms with van der Waals surface area (Å²) in [6.07, 6.45) is 14.0. The maximum Gasteiger partial charge on any atom is 0.191 e. The van der Waals surface area contributed by atoms with Gasteiger partial charge in [-0.05, 0) is 29.9 Å². The second kappa shape index (κ2) is 12.0. The van der Waals surface area contributed by atoms with Crippen molar-refractivity contribution in [1.82, 2.24) is 20.2 Å². The van der Waals surface area contributed by atoms with Gasteiger partial charge in [0.2, 0.25) is 0 Å². The number of nitrogens with one attached hydrogen (secondary N) is 2. The molecule has 1 aliphatic rings. The number of halogens is 1. The highest BCUT2D eigenvalue weighted by Gasteiger charge is 2.13. The first kappa shape index (κ1) is 21.7. The molecule has 1 heterocycles. The molecule has 0 spiro atoms. The van der Waals surface area contributed by atoms with E-state index in [9.17, 15) is 0 Å². The fourth-order valence-electron chi connectivity index (χ4n) is 3.73. The average molecular weight is 481 g/mol. The first-order chi connectivity index (χ1) is 12.8. The molecule has 0 radical (unpaired) electrons. The molecule has 1 aromatic carbocycles. The van der Waals surface area contributed by atoms with Crippen LogP contribution in [0, 0.1) is 5.92 Å². The van der Waals surface area contributed by atoms with Crippen molar-refractivity contribution < 1.29 is 0 Å². The molecule has 0 unspecified atom stereocenters. The zero-order valence-electron chi connectivity index (χ0n) is 16.2. The number of hydrogen-bond donors (Lipinski definition) is 2. The van der Waals surface area contributed by atoms with Crippen molar-refractivity contribution in [1.29, 1.82) is 0 Å². The summed E-state index contributed by atoms with van der Waals surface area (Å²) in [7, 11) is 1.84. The predicted octanol–water partition coefficient (Wildman–Crippen LogP) is 4.18. The predicted molar refractivity (Wildman–Crippen MR) is 123 cm³/mol. The van der Waals surface area contributed by atoms with Crippen molar-refractivity contribution in [3.8, 4) is 0 Å². The van der Waals surface area contributed by atoms with Crippen LogP contribution in [0.15, 0.2) is 48.0 Å². The van der Waals surface area contributed by atoms with Gasteiger partial charge >= 0.3 is 0 Å². The number of nitrogens with zero attached hydrogens (tertiary/aromatic N) is 3. The fraction of sp³-hybridized carbons (Fsp3) is 0.524. The van der Waals surface area contributed by atoms with Gasteiger partial charge in [-0.2, -0.15) is 0 Å². The van der Waals surface area contributed by atoms with Crippen LogP contribution in [0.25, 0.3) is 0 Å². The molecule has 27 heavy (non-hydrogen) atoms. The van der Waals surface area contributed by atoms with E-state index in [1.807, 2.05) is 25.8 Å². The number of benzene rings is 1. The first-order valence-corrected chi connectivity index (χ1v) is 9.81. The van der Waals surface area contributed by atoms with E-state index in [-0.39, 0.29) is 24.0 Å². The molecule has 0 bridgehead atoms.